The Morgan fingerprint density at radius 3 is 2.70 bits per heavy atom. The number of aromatic nitrogens is 4. The quantitative estimate of drug-likeness (QED) is 0.479. The first-order chi connectivity index (χ1) is 13.1. The number of nitrogens with one attached hydrogen (secondary N) is 1. The number of nitrogens with zero attached hydrogens (tertiary/aromatic N) is 4. The molecule has 0 aliphatic heterocycles. The molecule has 0 aliphatic rings. The lowest BCUT2D eigenvalue weighted by atomic mass is 10.1. The van der Waals surface area contributed by atoms with Crippen molar-refractivity contribution in [2.45, 2.75) is 31.8 Å². The third kappa shape index (κ3) is 5.40. The summed E-state index contributed by atoms with van der Waals surface area (Å²) >= 11 is 1.34. The molecule has 0 aliphatic carbocycles. The molecule has 1 aromatic heterocycles. The molecule has 3 rings (SSSR count). The molecule has 1 amide bonds. The van der Waals surface area contributed by atoms with Crippen molar-refractivity contribution in [2.24, 2.45) is 0 Å². The molecule has 0 saturated heterocycles. The van der Waals surface area contributed by atoms with Gasteiger partial charge < -0.3 is 5.32 Å². The van der Waals surface area contributed by atoms with Crippen LogP contribution in [0.1, 0.15) is 23.1 Å². The van der Waals surface area contributed by atoms with Gasteiger partial charge in [0.05, 0.1) is 11.4 Å². The molecule has 140 valence electrons. The maximum Gasteiger partial charge on any atom is 0.230 e. The van der Waals surface area contributed by atoms with Crippen LogP contribution < -0.4 is 5.32 Å². The van der Waals surface area contributed by atoms with E-state index in [1.165, 1.54) is 28.5 Å². The molecule has 6 nitrogen and oxygen atoms in total. The molecule has 0 spiro atoms. The van der Waals surface area contributed by atoms with Gasteiger partial charge >= 0.3 is 0 Å². The largest absolute Gasteiger partial charge is 0.355 e. The highest BCUT2D eigenvalue weighted by atomic mass is 32.2. The van der Waals surface area contributed by atoms with Crippen LogP contribution in [-0.2, 0) is 11.2 Å². The van der Waals surface area contributed by atoms with Crippen LogP contribution in [0.15, 0.2) is 53.7 Å². The van der Waals surface area contributed by atoms with Crippen molar-refractivity contribution in [1.82, 2.24) is 25.5 Å². The monoisotopic (exact) mass is 381 g/mol. The van der Waals surface area contributed by atoms with Crippen molar-refractivity contribution in [1.29, 1.82) is 0 Å². The van der Waals surface area contributed by atoms with Gasteiger partial charge in [-0.15, -0.1) is 5.10 Å². The van der Waals surface area contributed by atoms with Gasteiger partial charge in [0.25, 0.3) is 0 Å². The molecule has 0 bridgehead atoms. The van der Waals surface area contributed by atoms with Gasteiger partial charge in [0.1, 0.15) is 0 Å². The lowest BCUT2D eigenvalue weighted by Crippen LogP contribution is -2.26. The summed E-state index contributed by atoms with van der Waals surface area (Å²) in [7, 11) is 0. The summed E-state index contributed by atoms with van der Waals surface area (Å²) in [6.45, 7) is 4.78. The van der Waals surface area contributed by atoms with E-state index >= 15 is 0 Å². The van der Waals surface area contributed by atoms with Crippen LogP contribution in [0.5, 0.6) is 0 Å². The number of aryl methyl sites for hydroxylation is 3. The number of hydrogen-bond donors (Lipinski definition) is 1. The van der Waals surface area contributed by atoms with E-state index in [1.54, 1.807) is 4.68 Å². The van der Waals surface area contributed by atoms with Crippen molar-refractivity contribution in [2.75, 3.05) is 12.3 Å². The molecule has 1 N–H and O–H groups in total. The maximum atomic E-state index is 12.1. The first kappa shape index (κ1) is 19.1. The van der Waals surface area contributed by atoms with Gasteiger partial charge in [-0.05, 0) is 65.9 Å². The topological polar surface area (TPSA) is 72.7 Å². The average Bonchev–Trinajstić information content (AvgIpc) is 3.15. The molecular weight excluding hydrogens is 358 g/mol. The number of thioether (sulfide) groups is 1. The second kappa shape index (κ2) is 9.32. The predicted octanol–water partition coefficient (Wildman–Crippen LogP) is 3.12. The molecule has 3 aromatic rings. The van der Waals surface area contributed by atoms with Gasteiger partial charge in [0.2, 0.25) is 11.1 Å². The fourth-order valence-electron chi connectivity index (χ4n) is 2.63. The van der Waals surface area contributed by atoms with Crippen LogP contribution in [0.4, 0.5) is 0 Å². The smallest absolute Gasteiger partial charge is 0.230 e. The summed E-state index contributed by atoms with van der Waals surface area (Å²) in [6.07, 6.45) is 1.88. The molecular formula is C20H23N5OS. The zero-order chi connectivity index (χ0) is 19.1. The predicted molar refractivity (Wildman–Crippen MR) is 107 cm³/mol. The van der Waals surface area contributed by atoms with E-state index in [1.807, 2.05) is 36.4 Å². The van der Waals surface area contributed by atoms with E-state index in [2.05, 4.69) is 46.8 Å². The van der Waals surface area contributed by atoms with E-state index in [0.29, 0.717) is 11.7 Å². The van der Waals surface area contributed by atoms with Crippen molar-refractivity contribution in [3.8, 4) is 5.69 Å². The lowest BCUT2D eigenvalue weighted by molar-refractivity contribution is -0.118. The number of amides is 1. The third-order valence-corrected chi connectivity index (χ3v) is 5.23. The maximum absolute atomic E-state index is 12.1. The Hall–Kier alpha value is -2.67. The average molecular weight is 382 g/mol. The lowest BCUT2D eigenvalue weighted by Gasteiger charge is -2.07. The third-order valence-electron chi connectivity index (χ3n) is 4.32. The number of rotatable bonds is 8. The summed E-state index contributed by atoms with van der Waals surface area (Å²) in [6, 6.07) is 16.3. The summed E-state index contributed by atoms with van der Waals surface area (Å²) in [5.74, 6) is 0.277. The summed E-state index contributed by atoms with van der Waals surface area (Å²) in [5, 5.41) is 15.4. The summed E-state index contributed by atoms with van der Waals surface area (Å²) < 4.78 is 1.67. The molecule has 2 aromatic carbocycles. The Morgan fingerprint density at radius 1 is 1.11 bits per heavy atom. The van der Waals surface area contributed by atoms with E-state index in [-0.39, 0.29) is 11.7 Å². The zero-order valence-electron chi connectivity index (χ0n) is 15.6. The van der Waals surface area contributed by atoms with Crippen molar-refractivity contribution in [3.63, 3.8) is 0 Å². The Bertz CT molecular complexity index is 894. The van der Waals surface area contributed by atoms with Crippen LogP contribution >= 0.6 is 11.8 Å². The van der Waals surface area contributed by atoms with Crippen LogP contribution in [0.2, 0.25) is 0 Å². The van der Waals surface area contributed by atoms with Crippen LogP contribution in [-0.4, -0.2) is 38.4 Å². The minimum Gasteiger partial charge on any atom is -0.355 e. The first-order valence-electron chi connectivity index (χ1n) is 8.93. The minimum absolute atomic E-state index is 0.0114. The highest BCUT2D eigenvalue weighted by molar-refractivity contribution is 7.99. The highest BCUT2D eigenvalue weighted by Gasteiger charge is 2.12. The van der Waals surface area contributed by atoms with Crippen LogP contribution in [0, 0.1) is 13.8 Å². The van der Waals surface area contributed by atoms with Crippen molar-refractivity contribution in [3.05, 3.63) is 65.2 Å². The molecule has 7 heteroatoms. The Balaban J connectivity index is 1.47. The Labute approximate surface area is 163 Å². The molecule has 27 heavy (non-hydrogen) atoms. The first-order valence-corrected chi connectivity index (χ1v) is 9.91. The van der Waals surface area contributed by atoms with E-state index < -0.39 is 0 Å². The summed E-state index contributed by atoms with van der Waals surface area (Å²) in [4.78, 5) is 12.1. The van der Waals surface area contributed by atoms with Gasteiger partial charge in [0.15, 0.2) is 0 Å². The molecule has 0 fully saturated rings. The number of hydrogen-bond acceptors (Lipinski definition) is 5. The van der Waals surface area contributed by atoms with E-state index in [4.69, 9.17) is 0 Å². The molecule has 0 saturated carbocycles. The number of tetrazole rings is 1. The van der Waals surface area contributed by atoms with Gasteiger partial charge in [-0.1, -0.05) is 48.2 Å². The SMILES string of the molecule is Cc1ccc(-n2nnnc2SCC(=O)NCCCc2ccccc2)cc1C. The fraction of sp³-hybridized carbons (Fsp3) is 0.300. The minimum atomic E-state index is -0.0114. The van der Waals surface area contributed by atoms with E-state index in [9.17, 15) is 4.79 Å². The van der Waals surface area contributed by atoms with Gasteiger partial charge in [-0.2, -0.15) is 4.68 Å². The van der Waals surface area contributed by atoms with Crippen molar-refractivity contribution < 1.29 is 4.79 Å². The number of benzene rings is 2. The molecule has 0 unspecified atom stereocenters. The van der Waals surface area contributed by atoms with E-state index in [0.717, 1.165) is 18.5 Å². The van der Waals surface area contributed by atoms with Gasteiger partial charge in [-0.25, -0.2) is 0 Å². The van der Waals surface area contributed by atoms with Gasteiger partial charge in [0, 0.05) is 6.54 Å². The number of carbonyl (C=O) groups is 1. The van der Waals surface area contributed by atoms with Crippen LogP contribution in [0.25, 0.3) is 5.69 Å². The molecule has 1 heterocycles. The van der Waals surface area contributed by atoms with Crippen molar-refractivity contribution >= 4 is 17.7 Å². The second-order valence-electron chi connectivity index (χ2n) is 6.37. The summed E-state index contributed by atoms with van der Waals surface area (Å²) in [5.41, 5.74) is 4.58. The Morgan fingerprint density at radius 2 is 1.93 bits per heavy atom. The fourth-order valence-corrected chi connectivity index (χ4v) is 3.36. The normalized spacial score (nSPS) is 10.7. The second-order valence-corrected chi connectivity index (χ2v) is 7.31. The van der Waals surface area contributed by atoms with Crippen LogP contribution in [0.3, 0.4) is 0 Å². The zero-order valence-corrected chi connectivity index (χ0v) is 16.4. The standard InChI is InChI=1S/C20H23N5OS/c1-15-10-11-18(13-16(15)2)25-20(22-23-24-25)27-14-19(26)21-12-6-9-17-7-4-3-5-8-17/h3-5,7-8,10-11,13H,6,9,12,14H2,1-2H3,(H,21,26). The molecule has 0 atom stereocenters. The van der Waals surface area contributed by atoms with Gasteiger partial charge in [-0.3, -0.25) is 4.79 Å². The number of carbonyl (C=O) groups excluding carboxylic acids is 1. The Kier molecular flexibility index (Phi) is 6.59. The highest BCUT2D eigenvalue weighted by Crippen LogP contribution is 2.19. The molecule has 0 radical (unpaired) electrons.